The van der Waals surface area contributed by atoms with Crippen LogP contribution in [0.1, 0.15) is 0 Å². The van der Waals surface area contributed by atoms with Gasteiger partial charge in [-0.15, -0.1) is 0 Å². The van der Waals surface area contributed by atoms with Gasteiger partial charge in [0.15, 0.2) is 0 Å². The largest absolute Gasteiger partial charge is 0.398 e. The van der Waals surface area contributed by atoms with Crippen LogP contribution in [-0.2, 0) is 0 Å². The Kier molecular flexibility index (Phi) is 1.35. The third kappa shape index (κ3) is 1.10. The van der Waals surface area contributed by atoms with Crippen LogP contribution in [0.2, 0.25) is 5.15 Å². The van der Waals surface area contributed by atoms with Gasteiger partial charge in [-0.1, -0.05) is 11.6 Å². The lowest BCUT2D eigenvalue weighted by Crippen LogP contribution is -1.84. The van der Waals surface area contributed by atoms with Crippen LogP contribution in [0.25, 0.3) is 0 Å². The van der Waals surface area contributed by atoms with Crippen LogP contribution in [0.5, 0.6) is 0 Å². The molecule has 0 aliphatic carbocycles. The molecule has 0 saturated carbocycles. The normalized spacial score (nSPS) is 9.12. The molecule has 2 N–H and O–H groups in total. The number of hydrogen-bond donors (Lipinski definition) is 1. The van der Waals surface area contributed by atoms with Crippen molar-refractivity contribution in [3.63, 3.8) is 0 Å². The van der Waals surface area contributed by atoms with Crippen molar-refractivity contribution in [2.45, 2.75) is 0 Å². The van der Waals surface area contributed by atoms with Crippen molar-refractivity contribution >= 4 is 17.3 Å². The van der Waals surface area contributed by atoms with E-state index in [2.05, 4.69) is 11.1 Å². The van der Waals surface area contributed by atoms with Crippen molar-refractivity contribution < 1.29 is 0 Å². The van der Waals surface area contributed by atoms with Crippen LogP contribution < -0.4 is 5.73 Å². The van der Waals surface area contributed by atoms with Gasteiger partial charge in [-0.25, -0.2) is 4.98 Å². The molecular formula is C5H4ClN2. The molecule has 41 valence electrons. The van der Waals surface area contributed by atoms with Gasteiger partial charge in [0.2, 0.25) is 0 Å². The van der Waals surface area contributed by atoms with Gasteiger partial charge in [0.05, 0.1) is 0 Å². The lowest BCUT2D eigenvalue weighted by Gasteiger charge is -1.87. The third-order valence-electron chi connectivity index (χ3n) is 0.694. The summed E-state index contributed by atoms with van der Waals surface area (Å²) in [5.74, 6) is 0. The van der Waals surface area contributed by atoms with E-state index in [1.807, 2.05) is 0 Å². The molecule has 0 saturated heterocycles. The molecule has 3 heteroatoms. The predicted octanol–water partition coefficient (Wildman–Crippen LogP) is 1.12. The Morgan fingerprint density at radius 2 is 2.50 bits per heavy atom. The SMILES string of the molecule is Nc1[c]cnc(Cl)c1. The Bertz CT molecular complexity index is 170. The van der Waals surface area contributed by atoms with Gasteiger partial charge < -0.3 is 5.73 Å². The highest BCUT2D eigenvalue weighted by Crippen LogP contribution is 2.06. The van der Waals surface area contributed by atoms with Gasteiger partial charge in [0, 0.05) is 18.0 Å². The molecule has 1 aromatic rings. The maximum Gasteiger partial charge on any atom is 0.131 e. The molecule has 0 spiro atoms. The van der Waals surface area contributed by atoms with Gasteiger partial charge in [0.25, 0.3) is 0 Å². The summed E-state index contributed by atoms with van der Waals surface area (Å²) in [7, 11) is 0. The second-order valence-corrected chi connectivity index (χ2v) is 1.71. The number of rotatable bonds is 0. The zero-order valence-corrected chi connectivity index (χ0v) is 4.81. The zero-order chi connectivity index (χ0) is 5.98. The minimum atomic E-state index is 0.404. The van der Waals surface area contributed by atoms with Crippen molar-refractivity contribution in [1.29, 1.82) is 0 Å². The van der Waals surface area contributed by atoms with Crippen LogP contribution in [0, 0.1) is 6.07 Å². The summed E-state index contributed by atoms with van der Waals surface area (Å²) in [6, 6.07) is 4.20. The lowest BCUT2D eigenvalue weighted by molar-refractivity contribution is 1.33. The van der Waals surface area contributed by atoms with E-state index in [9.17, 15) is 0 Å². The number of halogens is 1. The van der Waals surface area contributed by atoms with E-state index in [4.69, 9.17) is 17.3 Å². The van der Waals surface area contributed by atoms with Gasteiger partial charge in [-0.05, 0) is 6.07 Å². The number of anilines is 1. The molecule has 1 radical (unpaired) electrons. The minimum absolute atomic E-state index is 0.404. The predicted molar refractivity (Wildman–Crippen MR) is 32.5 cm³/mol. The Balaban J connectivity index is 3.08. The molecule has 0 aliphatic rings. The van der Waals surface area contributed by atoms with Crippen LogP contribution in [0.4, 0.5) is 5.69 Å². The summed E-state index contributed by atoms with van der Waals surface area (Å²) in [5, 5.41) is 0.404. The maximum atomic E-state index is 5.43. The molecular weight excluding hydrogens is 124 g/mol. The summed E-state index contributed by atoms with van der Waals surface area (Å²) in [5.41, 5.74) is 5.80. The van der Waals surface area contributed by atoms with Crippen LogP contribution >= 0.6 is 11.6 Å². The molecule has 8 heavy (non-hydrogen) atoms. The molecule has 0 bridgehead atoms. The number of aromatic nitrogens is 1. The molecule has 0 aromatic carbocycles. The second-order valence-electron chi connectivity index (χ2n) is 1.32. The van der Waals surface area contributed by atoms with Crippen molar-refractivity contribution in [2.75, 3.05) is 5.73 Å². The highest BCUT2D eigenvalue weighted by molar-refractivity contribution is 6.29. The number of nitrogens with two attached hydrogens (primary N) is 1. The highest BCUT2D eigenvalue weighted by atomic mass is 35.5. The van der Waals surface area contributed by atoms with E-state index in [-0.39, 0.29) is 0 Å². The van der Waals surface area contributed by atoms with Gasteiger partial charge in [0.1, 0.15) is 5.15 Å². The van der Waals surface area contributed by atoms with Crippen molar-refractivity contribution in [3.8, 4) is 0 Å². The monoisotopic (exact) mass is 127 g/mol. The average molecular weight is 128 g/mol. The van der Waals surface area contributed by atoms with Crippen LogP contribution in [0.3, 0.4) is 0 Å². The number of pyridine rings is 1. The fourth-order valence-electron chi connectivity index (χ4n) is 0.376. The molecule has 1 aromatic heterocycles. The number of hydrogen-bond acceptors (Lipinski definition) is 2. The van der Waals surface area contributed by atoms with Gasteiger partial charge in [-0.2, -0.15) is 0 Å². The molecule has 0 amide bonds. The molecule has 1 rings (SSSR count). The van der Waals surface area contributed by atoms with Crippen LogP contribution in [-0.4, -0.2) is 4.98 Å². The van der Waals surface area contributed by atoms with Crippen molar-refractivity contribution in [2.24, 2.45) is 0 Å². The minimum Gasteiger partial charge on any atom is -0.398 e. The Hall–Kier alpha value is -0.760. The molecule has 1 heterocycles. The van der Waals surface area contributed by atoms with E-state index in [0.29, 0.717) is 10.8 Å². The standard InChI is InChI=1S/C5H4ClN2/c6-5-3-4(7)1-2-8-5/h2-3H,(H2,7,8). The maximum absolute atomic E-state index is 5.43. The first-order valence-corrected chi connectivity index (χ1v) is 2.45. The van der Waals surface area contributed by atoms with E-state index >= 15 is 0 Å². The summed E-state index contributed by atoms with van der Waals surface area (Å²) in [6.07, 6.45) is 1.44. The van der Waals surface area contributed by atoms with Gasteiger partial charge >= 0.3 is 0 Å². The Morgan fingerprint density at radius 1 is 1.75 bits per heavy atom. The Labute approximate surface area is 52.3 Å². The molecule has 2 nitrogen and oxygen atoms in total. The summed E-state index contributed by atoms with van der Waals surface area (Å²) < 4.78 is 0. The number of nitrogen functional groups attached to an aromatic ring is 1. The summed E-state index contributed by atoms with van der Waals surface area (Å²) in [6.45, 7) is 0. The van der Waals surface area contributed by atoms with E-state index in [1.54, 1.807) is 6.07 Å². The fraction of sp³-hybridized carbons (Fsp3) is 0. The molecule has 0 fully saturated rings. The average Bonchev–Trinajstić information content (AvgIpc) is 1.64. The first kappa shape index (κ1) is 5.38. The molecule has 0 aliphatic heterocycles. The smallest absolute Gasteiger partial charge is 0.131 e. The molecule has 0 unspecified atom stereocenters. The van der Waals surface area contributed by atoms with E-state index in [0.717, 1.165) is 0 Å². The Morgan fingerprint density at radius 3 is 2.88 bits per heavy atom. The summed E-state index contributed by atoms with van der Waals surface area (Å²) >= 11 is 5.43. The quantitative estimate of drug-likeness (QED) is 0.531. The number of nitrogens with zero attached hydrogens (tertiary/aromatic N) is 1. The second kappa shape index (κ2) is 2.01. The topological polar surface area (TPSA) is 38.9 Å². The highest BCUT2D eigenvalue weighted by Gasteiger charge is 1.85. The third-order valence-corrected chi connectivity index (χ3v) is 0.900. The lowest BCUT2D eigenvalue weighted by atomic mass is 10.4. The van der Waals surface area contributed by atoms with Crippen LogP contribution in [0.15, 0.2) is 12.3 Å². The van der Waals surface area contributed by atoms with Crippen molar-refractivity contribution in [3.05, 3.63) is 23.5 Å². The van der Waals surface area contributed by atoms with E-state index in [1.165, 1.54) is 6.20 Å². The summed E-state index contributed by atoms with van der Waals surface area (Å²) in [4.78, 5) is 3.67. The first-order valence-electron chi connectivity index (χ1n) is 2.08. The fourth-order valence-corrected chi connectivity index (χ4v) is 0.542. The van der Waals surface area contributed by atoms with Crippen molar-refractivity contribution in [1.82, 2.24) is 4.98 Å². The molecule has 0 atom stereocenters. The zero-order valence-electron chi connectivity index (χ0n) is 4.06. The van der Waals surface area contributed by atoms with E-state index < -0.39 is 0 Å². The van der Waals surface area contributed by atoms with Gasteiger partial charge in [-0.3, -0.25) is 0 Å². The first-order chi connectivity index (χ1) is 3.79.